The fourth-order valence-electron chi connectivity index (χ4n) is 2.48. The summed E-state index contributed by atoms with van der Waals surface area (Å²) in [5.74, 6) is -0.908. The third kappa shape index (κ3) is 5.32. The van der Waals surface area contributed by atoms with Crippen LogP contribution in [-0.2, 0) is 25.5 Å². The quantitative estimate of drug-likeness (QED) is 0.688. The highest BCUT2D eigenvalue weighted by atomic mass is 32.1. The van der Waals surface area contributed by atoms with Crippen LogP contribution in [0.15, 0.2) is 28.1 Å². The van der Waals surface area contributed by atoms with Crippen molar-refractivity contribution in [2.45, 2.75) is 39.2 Å². The summed E-state index contributed by atoms with van der Waals surface area (Å²) in [5.41, 5.74) is 1.65. The molecule has 0 radical (unpaired) electrons. The van der Waals surface area contributed by atoms with Crippen LogP contribution in [0.2, 0.25) is 0 Å². The van der Waals surface area contributed by atoms with E-state index >= 15 is 0 Å². The Bertz CT molecular complexity index is 654. The predicted molar refractivity (Wildman–Crippen MR) is 93.0 cm³/mol. The fraction of sp³-hybridized carbons (Fsp3) is 0.471. The monoisotopic (exact) mass is 366 g/mol. The Balaban J connectivity index is 2.02. The summed E-state index contributed by atoms with van der Waals surface area (Å²) in [7, 11) is 0. The van der Waals surface area contributed by atoms with Gasteiger partial charge in [0, 0.05) is 6.42 Å². The van der Waals surface area contributed by atoms with Gasteiger partial charge in [-0.2, -0.15) is 11.3 Å². The molecule has 1 aliphatic heterocycles. The van der Waals surface area contributed by atoms with Crippen LogP contribution >= 0.6 is 11.3 Å². The van der Waals surface area contributed by atoms with Crippen molar-refractivity contribution < 1.29 is 23.9 Å². The Morgan fingerprint density at radius 1 is 1.28 bits per heavy atom. The van der Waals surface area contributed by atoms with E-state index in [0.717, 1.165) is 5.56 Å². The summed E-state index contributed by atoms with van der Waals surface area (Å²) in [6.45, 7) is 3.61. The molecule has 8 heteroatoms. The molecule has 2 amide bonds. The molecule has 2 N–H and O–H groups in total. The number of ether oxygens (including phenoxy) is 2. The Hall–Kier alpha value is -2.35. The fourth-order valence-corrected chi connectivity index (χ4v) is 3.18. The van der Waals surface area contributed by atoms with Gasteiger partial charge in [-0.3, -0.25) is 4.79 Å². The molecule has 0 aromatic carbocycles. The average molecular weight is 366 g/mol. The number of carbonyl (C=O) groups is 3. The molecule has 7 nitrogen and oxygen atoms in total. The molecule has 1 aromatic heterocycles. The number of carbonyl (C=O) groups excluding carboxylic acids is 3. The van der Waals surface area contributed by atoms with E-state index in [-0.39, 0.29) is 31.3 Å². The smallest absolute Gasteiger partial charge is 0.338 e. The maximum Gasteiger partial charge on any atom is 0.338 e. The van der Waals surface area contributed by atoms with Crippen LogP contribution < -0.4 is 10.6 Å². The normalized spacial score (nSPS) is 16.9. The average Bonchev–Trinajstić information content (AvgIpc) is 3.11. The second-order valence-corrected chi connectivity index (χ2v) is 6.24. The van der Waals surface area contributed by atoms with E-state index in [4.69, 9.17) is 9.47 Å². The standard InChI is InChI=1S/C17H22N2O5S/c1-3-12-15(16(21)23-4-2)13(19-17(22)18-12)9-24-14(20)6-5-11-7-8-25-10-11/h7-8,10,12H,3-6,9H2,1-2H3,(H2,18,19,22)/t12-/m0/s1. The lowest BCUT2D eigenvalue weighted by molar-refractivity contribution is -0.143. The molecule has 0 unspecified atom stereocenters. The summed E-state index contributed by atoms with van der Waals surface area (Å²) in [6, 6.07) is 1.06. The highest BCUT2D eigenvalue weighted by Gasteiger charge is 2.31. The number of hydrogen-bond donors (Lipinski definition) is 2. The van der Waals surface area contributed by atoms with Crippen molar-refractivity contribution in [1.29, 1.82) is 0 Å². The number of esters is 2. The maximum atomic E-state index is 12.2. The van der Waals surface area contributed by atoms with E-state index in [1.54, 1.807) is 18.3 Å². The molecule has 0 spiro atoms. The number of urea groups is 1. The molecule has 136 valence electrons. The SMILES string of the molecule is CCOC(=O)C1=C(COC(=O)CCc2ccsc2)NC(=O)N[C@H]1CC. The van der Waals surface area contributed by atoms with Crippen LogP contribution in [-0.4, -0.2) is 37.2 Å². The number of rotatable bonds is 8. The minimum absolute atomic E-state index is 0.166. The van der Waals surface area contributed by atoms with Gasteiger partial charge in [0.25, 0.3) is 0 Å². The van der Waals surface area contributed by atoms with Gasteiger partial charge >= 0.3 is 18.0 Å². The first kappa shape index (κ1) is 19.0. The van der Waals surface area contributed by atoms with Crippen LogP contribution in [0.4, 0.5) is 4.79 Å². The van der Waals surface area contributed by atoms with Gasteiger partial charge in [-0.15, -0.1) is 0 Å². The van der Waals surface area contributed by atoms with Gasteiger partial charge in [-0.1, -0.05) is 6.92 Å². The van der Waals surface area contributed by atoms with Gasteiger partial charge < -0.3 is 20.1 Å². The van der Waals surface area contributed by atoms with Gasteiger partial charge in [-0.05, 0) is 42.2 Å². The molecule has 1 aliphatic rings. The van der Waals surface area contributed by atoms with E-state index in [1.165, 1.54) is 0 Å². The number of amides is 2. The summed E-state index contributed by atoms with van der Waals surface area (Å²) < 4.78 is 10.3. The Labute approximate surface area is 150 Å². The van der Waals surface area contributed by atoms with Gasteiger partial charge in [0.15, 0.2) is 0 Å². The minimum atomic E-state index is -0.522. The zero-order valence-corrected chi connectivity index (χ0v) is 15.1. The molecule has 1 aromatic rings. The Morgan fingerprint density at radius 3 is 2.72 bits per heavy atom. The Kier molecular flexibility index (Phi) is 7.00. The zero-order chi connectivity index (χ0) is 18.2. The third-order valence-electron chi connectivity index (χ3n) is 3.72. The second-order valence-electron chi connectivity index (χ2n) is 5.46. The molecule has 2 heterocycles. The largest absolute Gasteiger partial charge is 0.463 e. The van der Waals surface area contributed by atoms with Gasteiger partial charge in [0.1, 0.15) is 6.61 Å². The first-order valence-corrected chi connectivity index (χ1v) is 9.13. The lowest BCUT2D eigenvalue weighted by atomic mass is 10.0. The Morgan fingerprint density at radius 2 is 2.08 bits per heavy atom. The van der Waals surface area contributed by atoms with Crippen molar-refractivity contribution in [3.8, 4) is 0 Å². The van der Waals surface area contributed by atoms with E-state index in [1.807, 2.05) is 23.8 Å². The molecule has 0 saturated carbocycles. The minimum Gasteiger partial charge on any atom is -0.463 e. The van der Waals surface area contributed by atoms with Crippen LogP contribution in [0.3, 0.4) is 0 Å². The van der Waals surface area contributed by atoms with E-state index in [9.17, 15) is 14.4 Å². The van der Waals surface area contributed by atoms with Gasteiger partial charge in [0.2, 0.25) is 0 Å². The third-order valence-corrected chi connectivity index (χ3v) is 4.45. The molecule has 0 bridgehead atoms. The topological polar surface area (TPSA) is 93.7 Å². The first-order valence-electron chi connectivity index (χ1n) is 8.19. The van der Waals surface area contributed by atoms with Crippen LogP contribution in [0.25, 0.3) is 0 Å². The predicted octanol–water partition coefficient (Wildman–Crippen LogP) is 2.13. The van der Waals surface area contributed by atoms with Crippen LogP contribution in [0.5, 0.6) is 0 Å². The lowest BCUT2D eigenvalue weighted by Gasteiger charge is -2.28. The molecule has 1 atom stereocenters. The first-order chi connectivity index (χ1) is 12.0. The molecule has 0 saturated heterocycles. The summed E-state index contributed by atoms with van der Waals surface area (Å²) in [4.78, 5) is 35.9. The van der Waals surface area contributed by atoms with Crippen molar-refractivity contribution in [3.05, 3.63) is 33.7 Å². The summed E-state index contributed by atoms with van der Waals surface area (Å²) >= 11 is 1.57. The molecule has 0 fully saturated rings. The van der Waals surface area contributed by atoms with Crippen molar-refractivity contribution in [2.24, 2.45) is 0 Å². The number of hydrogen-bond acceptors (Lipinski definition) is 6. The lowest BCUT2D eigenvalue weighted by Crippen LogP contribution is -2.51. The highest BCUT2D eigenvalue weighted by Crippen LogP contribution is 2.17. The van der Waals surface area contributed by atoms with Gasteiger partial charge in [0.05, 0.1) is 23.9 Å². The van der Waals surface area contributed by atoms with E-state index in [0.29, 0.717) is 18.4 Å². The molecule has 2 rings (SSSR count). The van der Waals surface area contributed by atoms with Gasteiger partial charge in [-0.25, -0.2) is 9.59 Å². The highest BCUT2D eigenvalue weighted by molar-refractivity contribution is 7.07. The number of thiophene rings is 1. The summed E-state index contributed by atoms with van der Waals surface area (Å²) in [6.07, 6.45) is 1.36. The molecule has 0 aliphatic carbocycles. The van der Waals surface area contributed by atoms with Crippen molar-refractivity contribution in [1.82, 2.24) is 10.6 Å². The second kappa shape index (κ2) is 9.22. The van der Waals surface area contributed by atoms with Crippen molar-refractivity contribution in [3.63, 3.8) is 0 Å². The van der Waals surface area contributed by atoms with Crippen LogP contribution in [0.1, 0.15) is 32.3 Å². The number of aryl methyl sites for hydroxylation is 1. The van der Waals surface area contributed by atoms with E-state index in [2.05, 4.69) is 10.6 Å². The van der Waals surface area contributed by atoms with Crippen LogP contribution in [0, 0.1) is 0 Å². The number of nitrogens with one attached hydrogen (secondary N) is 2. The molecular formula is C17H22N2O5S. The molecule has 25 heavy (non-hydrogen) atoms. The maximum absolute atomic E-state index is 12.2. The molecular weight excluding hydrogens is 344 g/mol. The van der Waals surface area contributed by atoms with Crippen molar-refractivity contribution in [2.75, 3.05) is 13.2 Å². The summed E-state index contributed by atoms with van der Waals surface area (Å²) in [5, 5.41) is 9.15. The zero-order valence-electron chi connectivity index (χ0n) is 14.3. The van der Waals surface area contributed by atoms with Crippen molar-refractivity contribution >= 4 is 29.3 Å². The van der Waals surface area contributed by atoms with E-state index < -0.39 is 18.0 Å².